The molecule has 3 amide bonds. The van der Waals surface area contributed by atoms with Gasteiger partial charge in [0.25, 0.3) is 11.8 Å². The molecule has 1 aliphatic heterocycles. The maximum absolute atomic E-state index is 13.4. The Hall–Kier alpha value is -2.98. The lowest BCUT2D eigenvalue weighted by Crippen LogP contribution is -2.47. The minimum atomic E-state index is -0.930. The number of rotatable bonds is 5. The highest BCUT2D eigenvalue weighted by Gasteiger charge is 2.43. The molecule has 0 radical (unpaired) electrons. The van der Waals surface area contributed by atoms with Gasteiger partial charge in [-0.15, -0.1) is 11.3 Å². The first-order valence-electron chi connectivity index (χ1n) is 10.7. The van der Waals surface area contributed by atoms with E-state index in [0.717, 1.165) is 47.4 Å². The monoisotopic (exact) mass is 435 g/mol. The number of aryl methyl sites for hydroxylation is 1. The van der Waals surface area contributed by atoms with Crippen LogP contribution in [0.3, 0.4) is 0 Å². The molecule has 0 bridgehead atoms. The number of carbonyl (C=O) groups excluding carboxylic acids is 3. The summed E-state index contributed by atoms with van der Waals surface area (Å²) in [6.07, 6.45) is 5.37. The number of amides is 3. The molecule has 1 aromatic carbocycles. The number of hydrogen-bond donors (Lipinski definition) is 1. The molecule has 2 aromatic rings. The number of imide groups is 1. The van der Waals surface area contributed by atoms with Gasteiger partial charge in [0.15, 0.2) is 0 Å². The topological polar surface area (TPSA) is 90.3 Å². The number of hydrogen-bond acceptors (Lipinski definition) is 5. The molecule has 1 N–H and O–H groups in total. The third-order valence-corrected chi connectivity index (χ3v) is 7.11. The highest BCUT2D eigenvalue weighted by molar-refractivity contribution is 7.16. The van der Waals surface area contributed by atoms with Crippen molar-refractivity contribution in [1.29, 1.82) is 5.26 Å². The van der Waals surface area contributed by atoms with Gasteiger partial charge in [0.05, 0.1) is 16.7 Å². The van der Waals surface area contributed by atoms with E-state index in [4.69, 9.17) is 0 Å². The Kier molecular flexibility index (Phi) is 5.92. The largest absolute Gasteiger partial charge is 0.315 e. The smallest absolute Gasteiger partial charge is 0.262 e. The van der Waals surface area contributed by atoms with Crippen molar-refractivity contribution >= 4 is 34.1 Å². The molecule has 6 nitrogen and oxygen atoms in total. The minimum Gasteiger partial charge on any atom is -0.315 e. The SMILES string of the molecule is CC(C)C[C@@H](C(=O)Nc1sc2c(c1C#N)CCCCC2)N1C(=O)c2ccccc2C1=O. The Morgan fingerprint density at radius 2 is 1.77 bits per heavy atom. The average Bonchev–Trinajstić information content (AvgIpc) is 3.08. The second kappa shape index (κ2) is 8.64. The number of nitrogens with zero attached hydrogens (tertiary/aromatic N) is 2. The zero-order valence-corrected chi connectivity index (χ0v) is 18.6. The van der Waals surface area contributed by atoms with Crippen LogP contribution >= 0.6 is 11.3 Å². The Labute approximate surface area is 185 Å². The fourth-order valence-corrected chi connectivity index (χ4v) is 5.65. The van der Waals surface area contributed by atoms with Gasteiger partial charge in [-0.2, -0.15) is 5.26 Å². The zero-order valence-electron chi connectivity index (χ0n) is 17.7. The average molecular weight is 436 g/mol. The molecule has 0 spiro atoms. The van der Waals surface area contributed by atoms with E-state index in [9.17, 15) is 19.6 Å². The van der Waals surface area contributed by atoms with E-state index in [1.165, 1.54) is 11.3 Å². The summed E-state index contributed by atoms with van der Waals surface area (Å²) in [5, 5.41) is 13.2. The first kappa shape index (κ1) is 21.3. The van der Waals surface area contributed by atoms with Gasteiger partial charge >= 0.3 is 0 Å². The van der Waals surface area contributed by atoms with Gasteiger partial charge in [0, 0.05) is 4.88 Å². The molecule has 7 heteroatoms. The summed E-state index contributed by atoms with van der Waals surface area (Å²) in [5.41, 5.74) is 2.23. The van der Waals surface area contributed by atoms with E-state index in [2.05, 4.69) is 11.4 Å². The molecule has 2 heterocycles. The summed E-state index contributed by atoms with van der Waals surface area (Å²) in [5.74, 6) is -1.21. The van der Waals surface area contributed by atoms with Crippen molar-refractivity contribution in [3.05, 3.63) is 51.4 Å². The molecule has 2 aliphatic rings. The molecule has 0 unspecified atom stereocenters. The van der Waals surface area contributed by atoms with Gasteiger partial charge in [0.2, 0.25) is 5.91 Å². The normalized spacial score (nSPS) is 16.5. The van der Waals surface area contributed by atoms with Crippen LogP contribution in [0.4, 0.5) is 5.00 Å². The van der Waals surface area contributed by atoms with Crippen LogP contribution in [0, 0.1) is 17.2 Å². The summed E-state index contributed by atoms with van der Waals surface area (Å²) >= 11 is 1.45. The minimum absolute atomic E-state index is 0.0931. The van der Waals surface area contributed by atoms with Gasteiger partial charge < -0.3 is 5.32 Å². The summed E-state index contributed by atoms with van der Waals surface area (Å²) in [7, 11) is 0. The van der Waals surface area contributed by atoms with Crippen LogP contribution in [0.5, 0.6) is 0 Å². The standard InChI is InChI=1S/C24H25N3O3S/c1-14(2)12-19(27-23(29)16-9-6-7-10-17(16)24(27)30)21(28)26-22-18(13-25)15-8-4-3-5-11-20(15)31-22/h6-7,9-10,14,19H,3-5,8,11-12H2,1-2H3,(H,26,28)/t19-/m0/s1. The maximum atomic E-state index is 13.4. The molecule has 160 valence electrons. The van der Waals surface area contributed by atoms with Gasteiger partial charge in [-0.3, -0.25) is 19.3 Å². The highest BCUT2D eigenvalue weighted by Crippen LogP contribution is 2.37. The third kappa shape index (κ3) is 3.88. The molecule has 1 aromatic heterocycles. The van der Waals surface area contributed by atoms with Crippen LogP contribution in [0.2, 0.25) is 0 Å². The fourth-order valence-electron chi connectivity index (χ4n) is 4.41. The van der Waals surface area contributed by atoms with Gasteiger partial charge in [-0.1, -0.05) is 32.4 Å². The molecule has 1 aliphatic carbocycles. The molecule has 4 rings (SSSR count). The van der Waals surface area contributed by atoms with E-state index in [1.54, 1.807) is 24.3 Å². The van der Waals surface area contributed by atoms with E-state index >= 15 is 0 Å². The van der Waals surface area contributed by atoms with Crippen molar-refractivity contribution in [2.45, 2.75) is 58.4 Å². The predicted octanol–water partition coefficient (Wildman–Crippen LogP) is 4.54. The molecular formula is C24H25N3O3S. The number of thiophene rings is 1. The summed E-state index contributed by atoms with van der Waals surface area (Å²) in [6.45, 7) is 3.90. The van der Waals surface area contributed by atoms with Gasteiger partial charge in [0.1, 0.15) is 17.1 Å². The quantitative estimate of drug-likeness (QED) is 0.551. The first-order valence-corrected chi connectivity index (χ1v) is 11.6. The van der Waals surface area contributed by atoms with E-state index in [0.29, 0.717) is 28.1 Å². The number of carbonyl (C=O) groups is 3. The van der Waals surface area contributed by atoms with Crippen LogP contribution in [-0.2, 0) is 17.6 Å². The molecule has 31 heavy (non-hydrogen) atoms. The Balaban J connectivity index is 1.65. The third-order valence-electron chi connectivity index (χ3n) is 5.90. The van der Waals surface area contributed by atoms with Crippen molar-refractivity contribution in [1.82, 2.24) is 4.90 Å². The molecule has 1 atom stereocenters. The lowest BCUT2D eigenvalue weighted by atomic mass is 10.0. The molecule has 0 saturated carbocycles. The zero-order chi connectivity index (χ0) is 22.1. The van der Waals surface area contributed by atoms with Crippen LogP contribution in [0.15, 0.2) is 24.3 Å². The van der Waals surface area contributed by atoms with Crippen molar-refractivity contribution < 1.29 is 14.4 Å². The highest BCUT2D eigenvalue weighted by atomic mass is 32.1. The van der Waals surface area contributed by atoms with Crippen LogP contribution in [0.1, 0.15) is 76.3 Å². The number of fused-ring (bicyclic) bond motifs is 2. The fraction of sp³-hybridized carbons (Fsp3) is 0.417. The van der Waals surface area contributed by atoms with Gasteiger partial charge in [-0.05, 0) is 55.7 Å². The van der Waals surface area contributed by atoms with Crippen LogP contribution in [-0.4, -0.2) is 28.7 Å². The summed E-state index contributed by atoms with van der Waals surface area (Å²) in [4.78, 5) is 41.6. The number of benzene rings is 1. The molecular weight excluding hydrogens is 410 g/mol. The Bertz CT molecular complexity index is 1060. The van der Waals surface area contributed by atoms with Crippen molar-refractivity contribution in [3.63, 3.8) is 0 Å². The second-order valence-electron chi connectivity index (χ2n) is 8.54. The van der Waals surface area contributed by atoms with E-state index in [-0.39, 0.29) is 5.92 Å². The summed E-state index contributed by atoms with van der Waals surface area (Å²) in [6, 6.07) is 7.99. The van der Waals surface area contributed by atoms with E-state index in [1.807, 2.05) is 13.8 Å². The maximum Gasteiger partial charge on any atom is 0.262 e. The predicted molar refractivity (Wildman–Crippen MR) is 119 cm³/mol. The molecule has 0 saturated heterocycles. The number of nitriles is 1. The Morgan fingerprint density at radius 1 is 1.13 bits per heavy atom. The van der Waals surface area contributed by atoms with E-state index < -0.39 is 23.8 Å². The van der Waals surface area contributed by atoms with Crippen LogP contribution in [0.25, 0.3) is 0 Å². The Morgan fingerprint density at radius 3 is 2.39 bits per heavy atom. The van der Waals surface area contributed by atoms with Crippen molar-refractivity contribution in [2.24, 2.45) is 5.92 Å². The molecule has 0 fully saturated rings. The van der Waals surface area contributed by atoms with Gasteiger partial charge in [-0.25, -0.2) is 0 Å². The number of anilines is 1. The lowest BCUT2D eigenvalue weighted by molar-refractivity contribution is -0.120. The van der Waals surface area contributed by atoms with Crippen LogP contribution < -0.4 is 5.32 Å². The second-order valence-corrected chi connectivity index (χ2v) is 9.65. The first-order chi connectivity index (χ1) is 14.9. The van der Waals surface area contributed by atoms with Crippen molar-refractivity contribution in [3.8, 4) is 6.07 Å². The number of nitrogens with one attached hydrogen (secondary N) is 1. The summed E-state index contributed by atoms with van der Waals surface area (Å²) < 4.78 is 0. The van der Waals surface area contributed by atoms with Crippen molar-refractivity contribution in [2.75, 3.05) is 5.32 Å². The lowest BCUT2D eigenvalue weighted by Gasteiger charge is -2.26.